The Bertz CT molecular complexity index is 917. The Morgan fingerprint density at radius 2 is 2.14 bits per heavy atom. The maximum absolute atomic E-state index is 14.6. The molecular weight excluding hydrogens is 365 g/mol. The number of methoxy groups -OCH3 is 1. The van der Waals surface area contributed by atoms with Crippen molar-refractivity contribution < 1.29 is 18.8 Å². The molecule has 8 heteroatoms. The molecule has 2 aromatic rings. The van der Waals surface area contributed by atoms with Crippen LogP contribution in [0.4, 0.5) is 21.5 Å². The number of nitro benzene ring substituents is 1. The number of hydrogen-bond acceptors (Lipinski definition) is 5. The molecule has 7 nitrogen and oxygen atoms in total. The van der Waals surface area contributed by atoms with Crippen LogP contribution in [0.15, 0.2) is 30.3 Å². The monoisotopic (exact) mass is 387 g/mol. The molecule has 28 heavy (non-hydrogen) atoms. The molecule has 1 aliphatic rings. The Morgan fingerprint density at radius 1 is 1.36 bits per heavy atom. The standard InChI is InChI=1S/C20H22FN3O4/c1-13-10-14-4-3-8-23(19(14)16(21)11-13)20(25)15-5-6-17(22-7-9-28-2)18(12-15)24(26)27/h5-6,10-12,22H,3-4,7-9H2,1-2H3. The van der Waals surface area contributed by atoms with Crippen molar-refractivity contribution in [3.05, 3.63) is 63.0 Å². The van der Waals surface area contributed by atoms with Crippen LogP contribution in [0, 0.1) is 22.9 Å². The molecule has 0 aliphatic carbocycles. The number of nitrogens with one attached hydrogen (secondary N) is 1. The molecule has 0 fully saturated rings. The normalized spacial score (nSPS) is 13.2. The number of aryl methyl sites for hydroxylation is 2. The highest BCUT2D eigenvalue weighted by atomic mass is 19.1. The molecule has 0 bridgehead atoms. The Balaban J connectivity index is 1.94. The van der Waals surface area contributed by atoms with Crippen molar-refractivity contribution in [1.82, 2.24) is 0 Å². The van der Waals surface area contributed by atoms with Gasteiger partial charge in [0.1, 0.15) is 11.5 Å². The number of hydrogen-bond donors (Lipinski definition) is 1. The first kappa shape index (κ1) is 19.8. The van der Waals surface area contributed by atoms with Gasteiger partial charge in [0.2, 0.25) is 0 Å². The van der Waals surface area contributed by atoms with Crippen LogP contribution < -0.4 is 10.2 Å². The average molecular weight is 387 g/mol. The minimum Gasteiger partial charge on any atom is -0.383 e. The lowest BCUT2D eigenvalue weighted by Gasteiger charge is -2.30. The molecule has 3 rings (SSSR count). The minimum absolute atomic E-state index is 0.150. The summed E-state index contributed by atoms with van der Waals surface area (Å²) in [5, 5.41) is 14.4. The van der Waals surface area contributed by atoms with Crippen molar-refractivity contribution in [2.45, 2.75) is 19.8 Å². The van der Waals surface area contributed by atoms with Crippen LogP contribution in [0.3, 0.4) is 0 Å². The lowest BCUT2D eigenvalue weighted by atomic mass is 9.98. The van der Waals surface area contributed by atoms with E-state index in [0.717, 1.165) is 11.1 Å². The largest absolute Gasteiger partial charge is 0.383 e. The zero-order chi connectivity index (χ0) is 20.3. The number of fused-ring (bicyclic) bond motifs is 1. The minimum atomic E-state index is -0.542. The number of nitrogens with zero attached hydrogens (tertiary/aromatic N) is 2. The number of carbonyl (C=O) groups is 1. The van der Waals surface area contributed by atoms with Gasteiger partial charge in [0.15, 0.2) is 0 Å². The second kappa shape index (κ2) is 8.35. The van der Waals surface area contributed by atoms with Gasteiger partial charge in [-0.2, -0.15) is 0 Å². The second-order valence-corrected chi connectivity index (χ2v) is 6.72. The summed E-state index contributed by atoms with van der Waals surface area (Å²) in [7, 11) is 1.54. The van der Waals surface area contributed by atoms with Gasteiger partial charge in [0.25, 0.3) is 11.6 Å². The number of anilines is 2. The molecule has 0 radical (unpaired) electrons. The van der Waals surface area contributed by atoms with Gasteiger partial charge in [-0.1, -0.05) is 6.07 Å². The second-order valence-electron chi connectivity index (χ2n) is 6.72. The van der Waals surface area contributed by atoms with Crippen molar-refractivity contribution >= 4 is 23.0 Å². The molecule has 1 aliphatic heterocycles. The fraction of sp³-hybridized carbons (Fsp3) is 0.350. The van der Waals surface area contributed by atoms with Crippen LogP contribution in [-0.2, 0) is 11.2 Å². The molecule has 0 saturated carbocycles. The summed E-state index contributed by atoms with van der Waals surface area (Å²) in [4.78, 5) is 25.3. The fourth-order valence-electron chi connectivity index (χ4n) is 3.45. The number of nitro groups is 1. The number of halogens is 1. The highest BCUT2D eigenvalue weighted by Crippen LogP contribution is 2.33. The molecular formula is C20H22FN3O4. The van der Waals surface area contributed by atoms with E-state index in [1.807, 2.05) is 13.0 Å². The van der Waals surface area contributed by atoms with Gasteiger partial charge < -0.3 is 15.0 Å². The fourth-order valence-corrected chi connectivity index (χ4v) is 3.45. The van der Waals surface area contributed by atoms with E-state index < -0.39 is 16.6 Å². The van der Waals surface area contributed by atoms with Crippen LogP contribution in [-0.4, -0.2) is 37.6 Å². The summed E-state index contributed by atoms with van der Waals surface area (Å²) in [6.07, 6.45) is 1.40. The van der Waals surface area contributed by atoms with E-state index >= 15 is 0 Å². The molecule has 0 spiro atoms. The van der Waals surface area contributed by atoms with Gasteiger partial charge in [-0.3, -0.25) is 14.9 Å². The first-order chi connectivity index (χ1) is 13.4. The average Bonchev–Trinajstić information content (AvgIpc) is 2.67. The summed E-state index contributed by atoms with van der Waals surface area (Å²) in [6.45, 7) is 2.96. The predicted molar refractivity (Wildman–Crippen MR) is 105 cm³/mol. The van der Waals surface area contributed by atoms with Crippen molar-refractivity contribution in [2.75, 3.05) is 37.0 Å². The first-order valence-electron chi connectivity index (χ1n) is 9.04. The predicted octanol–water partition coefficient (Wildman–Crippen LogP) is 3.69. The summed E-state index contributed by atoms with van der Waals surface area (Å²) in [6, 6.07) is 7.53. The highest BCUT2D eigenvalue weighted by molar-refractivity contribution is 6.07. The molecule has 0 saturated heterocycles. The van der Waals surface area contributed by atoms with E-state index in [0.29, 0.717) is 38.2 Å². The molecule has 0 atom stereocenters. The number of rotatable bonds is 6. The maximum atomic E-state index is 14.6. The third-order valence-electron chi connectivity index (χ3n) is 4.69. The van der Waals surface area contributed by atoms with E-state index in [1.54, 1.807) is 0 Å². The molecule has 148 valence electrons. The Labute approximate surface area is 162 Å². The van der Waals surface area contributed by atoms with Crippen LogP contribution in [0.1, 0.15) is 27.9 Å². The lowest BCUT2D eigenvalue weighted by Crippen LogP contribution is -2.36. The molecule has 0 aromatic heterocycles. The quantitative estimate of drug-likeness (QED) is 0.464. The van der Waals surface area contributed by atoms with Crippen molar-refractivity contribution in [1.29, 1.82) is 0 Å². The molecule has 1 N–H and O–H groups in total. The summed E-state index contributed by atoms with van der Waals surface area (Å²) >= 11 is 0. The van der Waals surface area contributed by atoms with Gasteiger partial charge in [-0.15, -0.1) is 0 Å². The van der Waals surface area contributed by atoms with Crippen molar-refractivity contribution in [3.63, 3.8) is 0 Å². The smallest absolute Gasteiger partial charge is 0.293 e. The number of benzene rings is 2. The van der Waals surface area contributed by atoms with E-state index in [-0.39, 0.29) is 16.9 Å². The Morgan fingerprint density at radius 3 is 2.86 bits per heavy atom. The lowest BCUT2D eigenvalue weighted by molar-refractivity contribution is -0.384. The Hall–Kier alpha value is -3.00. The van der Waals surface area contributed by atoms with E-state index in [4.69, 9.17) is 4.74 Å². The van der Waals surface area contributed by atoms with Gasteiger partial charge >= 0.3 is 0 Å². The van der Waals surface area contributed by atoms with Crippen LogP contribution in [0.5, 0.6) is 0 Å². The van der Waals surface area contributed by atoms with Gasteiger partial charge in [-0.05, 0) is 49.1 Å². The van der Waals surface area contributed by atoms with Crippen molar-refractivity contribution in [3.8, 4) is 0 Å². The van der Waals surface area contributed by atoms with Crippen LogP contribution in [0.25, 0.3) is 0 Å². The number of amides is 1. The molecule has 1 amide bonds. The molecule has 0 unspecified atom stereocenters. The van der Waals surface area contributed by atoms with Crippen LogP contribution in [0.2, 0.25) is 0 Å². The highest BCUT2D eigenvalue weighted by Gasteiger charge is 2.28. The van der Waals surface area contributed by atoms with E-state index in [1.165, 1.54) is 36.3 Å². The van der Waals surface area contributed by atoms with E-state index in [2.05, 4.69) is 5.32 Å². The summed E-state index contributed by atoms with van der Waals surface area (Å²) in [5.41, 5.74) is 2.10. The SMILES string of the molecule is COCCNc1ccc(C(=O)N2CCCc3cc(C)cc(F)c32)cc1[N+](=O)[O-]. The summed E-state index contributed by atoms with van der Waals surface area (Å²) in [5.74, 6) is -0.898. The third kappa shape index (κ3) is 3.96. The number of ether oxygens (including phenoxy) is 1. The van der Waals surface area contributed by atoms with Gasteiger partial charge in [-0.25, -0.2) is 4.39 Å². The van der Waals surface area contributed by atoms with Gasteiger partial charge in [0.05, 0.1) is 17.2 Å². The van der Waals surface area contributed by atoms with E-state index in [9.17, 15) is 19.3 Å². The zero-order valence-corrected chi connectivity index (χ0v) is 15.8. The zero-order valence-electron chi connectivity index (χ0n) is 15.8. The summed E-state index contributed by atoms with van der Waals surface area (Å²) < 4.78 is 19.5. The Kier molecular flexibility index (Phi) is 5.89. The van der Waals surface area contributed by atoms with Gasteiger partial charge in [0, 0.05) is 31.8 Å². The third-order valence-corrected chi connectivity index (χ3v) is 4.69. The maximum Gasteiger partial charge on any atom is 0.293 e. The molecule has 2 aromatic carbocycles. The number of carbonyl (C=O) groups excluding carboxylic acids is 1. The molecule has 1 heterocycles. The van der Waals surface area contributed by atoms with Crippen molar-refractivity contribution in [2.24, 2.45) is 0 Å². The van der Waals surface area contributed by atoms with Crippen LogP contribution >= 0.6 is 0 Å². The first-order valence-corrected chi connectivity index (χ1v) is 9.04. The topological polar surface area (TPSA) is 84.7 Å².